The van der Waals surface area contributed by atoms with Gasteiger partial charge in [-0.3, -0.25) is 0 Å². The van der Waals surface area contributed by atoms with Crippen molar-refractivity contribution in [2.75, 3.05) is 20.2 Å². The molecule has 0 saturated carbocycles. The topological polar surface area (TPSA) is 66.8 Å². The molecule has 1 aliphatic heterocycles. The Bertz CT molecular complexity index is 526. The van der Waals surface area contributed by atoms with E-state index in [-0.39, 0.29) is 17.6 Å². The maximum absolute atomic E-state index is 12.6. The molecule has 0 amide bonds. The molecular weight excluding hydrogens is 286 g/mol. The molecule has 0 bridgehead atoms. The van der Waals surface area contributed by atoms with Crippen LogP contribution < -0.4 is 0 Å². The van der Waals surface area contributed by atoms with Crippen molar-refractivity contribution in [3.05, 3.63) is 16.3 Å². The van der Waals surface area contributed by atoms with Crippen molar-refractivity contribution in [2.24, 2.45) is 5.92 Å². The Labute approximate surface area is 117 Å². The predicted molar refractivity (Wildman–Crippen MR) is 73.6 cm³/mol. The number of ether oxygens (including phenoxy) is 1. The van der Waals surface area contributed by atoms with Gasteiger partial charge < -0.3 is 9.84 Å². The Morgan fingerprint density at radius 3 is 2.95 bits per heavy atom. The fourth-order valence-corrected chi connectivity index (χ4v) is 5.08. The second-order valence-corrected chi connectivity index (χ2v) is 7.68. The zero-order valence-corrected chi connectivity index (χ0v) is 12.7. The molecule has 1 fully saturated rings. The summed E-state index contributed by atoms with van der Waals surface area (Å²) in [6, 6.07) is 1.56. The van der Waals surface area contributed by atoms with Crippen molar-refractivity contribution < 1.29 is 18.3 Å². The van der Waals surface area contributed by atoms with Crippen LogP contribution in [0, 0.1) is 5.92 Å². The highest BCUT2D eigenvalue weighted by molar-refractivity contribution is 7.89. The van der Waals surface area contributed by atoms with Crippen molar-refractivity contribution >= 4 is 21.4 Å². The van der Waals surface area contributed by atoms with Crippen LogP contribution >= 0.6 is 11.3 Å². The van der Waals surface area contributed by atoms with Crippen molar-refractivity contribution in [1.82, 2.24) is 4.31 Å². The molecule has 0 spiro atoms. The quantitative estimate of drug-likeness (QED) is 0.910. The Kier molecular flexibility index (Phi) is 4.62. The van der Waals surface area contributed by atoms with Gasteiger partial charge in [-0.05, 0) is 23.8 Å². The first-order valence-electron chi connectivity index (χ1n) is 6.21. The summed E-state index contributed by atoms with van der Waals surface area (Å²) in [5.74, 6) is 0.358. The smallest absolute Gasteiger partial charge is 0.244 e. The van der Waals surface area contributed by atoms with Crippen molar-refractivity contribution in [2.45, 2.75) is 31.0 Å². The average molecular weight is 305 g/mol. The standard InChI is InChI=1S/C12H19NO4S2/c1-9-3-5-13(7-10(9)17-2)19(15,16)12-4-6-18-11(12)8-14/h4,6,9-10,14H,3,5,7-8H2,1-2H3. The monoisotopic (exact) mass is 305 g/mol. The van der Waals surface area contributed by atoms with Crippen LogP contribution in [-0.4, -0.2) is 44.1 Å². The van der Waals surface area contributed by atoms with Crippen molar-refractivity contribution in [1.29, 1.82) is 0 Å². The summed E-state index contributed by atoms with van der Waals surface area (Å²) in [6.07, 6.45) is 0.718. The van der Waals surface area contributed by atoms with E-state index in [1.54, 1.807) is 18.6 Å². The Morgan fingerprint density at radius 2 is 2.32 bits per heavy atom. The van der Waals surface area contributed by atoms with Crippen LogP contribution in [0.5, 0.6) is 0 Å². The van der Waals surface area contributed by atoms with Gasteiger partial charge in [-0.2, -0.15) is 4.31 Å². The summed E-state index contributed by atoms with van der Waals surface area (Å²) in [7, 11) is -1.91. The van der Waals surface area contributed by atoms with Gasteiger partial charge in [0.25, 0.3) is 0 Å². The van der Waals surface area contributed by atoms with Gasteiger partial charge in [0.1, 0.15) is 0 Å². The summed E-state index contributed by atoms with van der Waals surface area (Å²) in [5, 5.41) is 10.9. The minimum absolute atomic E-state index is 0.0697. The normalized spacial score (nSPS) is 25.6. The van der Waals surface area contributed by atoms with Gasteiger partial charge in [0, 0.05) is 25.1 Å². The second-order valence-electron chi connectivity index (χ2n) is 4.77. The van der Waals surface area contributed by atoms with Gasteiger partial charge >= 0.3 is 0 Å². The molecule has 0 radical (unpaired) electrons. The predicted octanol–water partition coefficient (Wildman–Crippen LogP) is 1.29. The van der Waals surface area contributed by atoms with Crippen LogP contribution in [0.2, 0.25) is 0 Å². The van der Waals surface area contributed by atoms with E-state index >= 15 is 0 Å². The first-order valence-corrected chi connectivity index (χ1v) is 8.52. The summed E-state index contributed by atoms with van der Waals surface area (Å²) in [6.45, 7) is 2.71. The van der Waals surface area contributed by atoms with Crippen LogP contribution in [0.1, 0.15) is 18.2 Å². The number of thiophene rings is 1. The number of aliphatic hydroxyl groups is 1. The molecule has 2 heterocycles. The van der Waals surface area contributed by atoms with E-state index in [0.717, 1.165) is 6.42 Å². The highest BCUT2D eigenvalue weighted by atomic mass is 32.2. The zero-order chi connectivity index (χ0) is 14.0. The Hall–Kier alpha value is -0.470. The van der Waals surface area contributed by atoms with Crippen LogP contribution in [-0.2, 0) is 21.4 Å². The van der Waals surface area contributed by atoms with E-state index in [4.69, 9.17) is 4.74 Å². The van der Waals surface area contributed by atoms with E-state index in [1.807, 2.05) is 0 Å². The molecule has 0 aromatic carbocycles. The molecule has 1 aromatic heterocycles. The SMILES string of the molecule is COC1CN(S(=O)(=O)c2ccsc2CO)CCC1C. The lowest BCUT2D eigenvalue weighted by Gasteiger charge is -2.35. The molecule has 1 N–H and O–H groups in total. The van der Waals surface area contributed by atoms with E-state index in [2.05, 4.69) is 6.92 Å². The summed E-state index contributed by atoms with van der Waals surface area (Å²) >= 11 is 1.26. The van der Waals surface area contributed by atoms with Gasteiger partial charge in [-0.15, -0.1) is 11.3 Å². The molecule has 2 unspecified atom stereocenters. The van der Waals surface area contributed by atoms with Crippen LogP contribution in [0.3, 0.4) is 0 Å². The van der Waals surface area contributed by atoms with Gasteiger partial charge in [0.2, 0.25) is 10.0 Å². The molecule has 0 aliphatic carbocycles. The molecule has 1 aromatic rings. The largest absolute Gasteiger partial charge is 0.391 e. The lowest BCUT2D eigenvalue weighted by molar-refractivity contribution is 0.0183. The molecule has 108 valence electrons. The molecule has 1 saturated heterocycles. The molecular formula is C12H19NO4S2. The lowest BCUT2D eigenvalue weighted by atomic mass is 9.97. The van der Waals surface area contributed by atoms with E-state index in [1.165, 1.54) is 15.6 Å². The number of sulfonamides is 1. The van der Waals surface area contributed by atoms with E-state index in [9.17, 15) is 13.5 Å². The minimum atomic E-state index is -3.52. The molecule has 19 heavy (non-hydrogen) atoms. The number of methoxy groups -OCH3 is 1. The number of hydrogen-bond donors (Lipinski definition) is 1. The molecule has 1 aliphatic rings. The third kappa shape index (κ3) is 2.85. The third-order valence-electron chi connectivity index (χ3n) is 3.62. The van der Waals surface area contributed by atoms with Crippen LogP contribution in [0.4, 0.5) is 0 Å². The lowest BCUT2D eigenvalue weighted by Crippen LogP contribution is -2.46. The highest BCUT2D eigenvalue weighted by Gasteiger charge is 2.35. The minimum Gasteiger partial charge on any atom is -0.391 e. The van der Waals surface area contributed by atoms with Gasteiger partial charge in [-0.1, -0.05) is 6.92 Å². The number of rotatable bonds is 4. The zero-order valence-electron chi connectivity index (χ0n) is 11.1. The fourth-order valence-electron chi connectivity index (χ4n) is 2.34. The second kappa shape index (κ2) is 5.88. The highest BCUT2D eigenvalue weighted by Crippen LogP contribution is 2.29. The maximum Gasteiger partial charge on any atom is 0.244 e. The van der Waals surface area contributed by atoms with E-state index in [0.29, 0.717) is 23.9 Å². The van der Waals surface area contributed by atoms with E-state index < -0.39 is 10.0 Å². The van der Waals surface area contributed by atoms with Gasteiger partial charge in [0.15, 0.2) is 0 Å². The van der Waals surface area contributed by atoms with Gasteiger partial charge in [0.05, 0.1) is 17.6 Å². The number of nitrogens with zero attached hydrogens (tertiary/aromatic N) is 1. The maximum atomic E-state index is 12.6. The third-order valence-corrected chi connectivity index (χ3v) is 6.61. The first-order chi connectivity index (χ1) is 9.00. The molecule has 2 atom stereocenters. The molecule has 7 heteroatoms. The fraction of sp³-hybridized carbons (Fsp3) is 0.667. The van der Waals surface area contributed by atoms with Gasteiger partial charge in [-0.25, -0.2) is 8.42 Å². The van der Waals surface area contributed by atoms with Crippen molar-refractivity contribution in [3.63, 3.8) is 0 Å². The first kappa shape index (κ1) is 14.9. The molecule has 5 nitrogen and oxygen atoms in total. The van der Waals surface area contributed by atoms with Crippen LogP contribution in [0.25, 0.3) is 0 Å². The van der Waals surface area contributed by atoms with Crippen LogP contribution in [0.15, 0.2) is 16.3 Å². The van der Waals surface area contributed by atoms with Crippen molar-refractivity contribution in [3.8, 4) is 0 Å². The number of piperidine rings is 1. The Morgan fingerprint density at radius 1 is 1.58 bits per heavy atom. The number of hydrogen-bond acceptors (Lipinski definition) is 5. The Balaban J connectivity index is 2.25. The summed E-state index contributed by atoms with van der Waals surface area (Å²) < 4.78 is 31.9. The molecule has 2 rings (SSSR count). The average Bonchev–Trinajstić information content (AvgIpc) is 2.88. The number of aliphatic hydroxyl groups excluding tert-OH is 1. The summed E-state index contributed by atoms with van der Waals surface area (Å²) in [4.78, 5) is 0.719. The summed E-state index contributed by atoms with van der Waals surface area (Å²) in [5.41, 5.74) is 0.